The maximum absolute atomic E-state index is 13.0. The number of anilines is 1. The first kappa shape index (κ1) is 18.9. The highest BCUT2D eigenvalue weighted by molar-refractivity contribution is 8.00. The van der Waals surface area contributed by atoms with E-state index in [1.54, 1.807) is 15.9 Å². The number of thiophene rings is 1. The molecule has 3 aromatic rings. The Morgan fingerprint density at radius 1 is 1.25 bits per heavy atom. The fraction of sp³-hybridized carbons (Fsp3) is 0.250. The van der Waals surface area contributed by atoms with Crippen LogP contribution in [0.5, 0.6) is 0 Å². The van der Waals surface area contributed by atoms with E-state index in [1.165, 1.54) is 36.0 Å². The molecule has 1 amide bonds. The van der Waals surface area contributed by atoms with Crippen LogP contribution in [0.25, 0.3) is 0 Å². The highest BCUT2D eigenvalue weighted by atomic mass is 32.2. The summed E-state index contributed by atoms with van der Waals surface area (Å²) in [6.07, 6.45) is 2.71. The number of nitrogens with one attached hydrogen (secondary N) is 1. The topological polar surface area (TPSA) is 64.0 Å². The quantitative estimate of drug-likeness (QED) is 0.492. The molecule has 0 fully saturated rings. The van der Waals surface area contributed by atoms with E-state index in [0.717, 1.165) is 35.4 Å². The number of halogens is 1. The fourth-order valence-electron chi connectivity index (χ4n) is 3.29. The molecule has 0 unspecified atom stereocenters. The highest BCUT2D eigenvalue weighted by Crippen LogP contribution is 2.29. The molecular weight excluding hydrogens is 397 g/mol. The Hall–Kier alpha value is -2.45. The van der Waals surface area contributed by atoms with Gasteiger partial charge in [0.05, 0.1) is 12.3 Å². The zero-order valence-electron chi connectivity index (χ0n) is 15.0. The summed E-state index contributed by atoms with van der Waals surface area (Å²) in [5, 5.41) is 5.37. The number of nitrogens with zero attached hydrogens (tertiary/aromatic N) is 2. The summed E-state index contributed by atoms with van der Waals surface area (Å²) < 4.78 is 14.7. The predicted molar refractivity (Wildman–Crippen MR) is 110 cm³/mol. The summed E-state index contributed by atoms with van der Waals surface area (Å²) in [5.74, 6) is -0.422. The third kappa shape index (κ3) is 4.18. The number of benzene rings is 1. The van der Waals surface area contributed by atoms with E-state index in [9.17, 15) is 14.0 Å². The fourth-order valence-corrected chi connectivity index (χ4v) is 4.86. The summed E-state index contributed by atoms with van der Waals surface area (Å²) in [6.45, 7) is 0.543. The van der Waals surface area contributed by atoms with Crippen LogP contribution < -0.4 is 11.0 Å². The summed E-state index contributed by atoms with van der Waals surface area (Å²) in [5.41, 5.74) is 2.39. The Kier molecular flexibility index (Phi) is 5.59. The van der Waals surface area contributed by atoms with Crippen LogP contribution in [0, 0.1) is 5.82 Å². The molecular formula is C20H18FN3O2S2. The van der Waals surface area contributed by atoms with E-state index in [4.69, 9.17) is 0 Å². The molecule has 1 aliphatic rings. The van der Waals surface area contributed by atoms with Crippen molar-refractivity contribution < 1.29 is 9.18 Å². The van der Waals surface area contributed by atoms with Crippen molar-refractivity contribution in [1.82, 2.24) is 9.55 Å². The van der Waals surface area contributed by atoms with Gasteiger partial charge in [0.1, 0.15) is 10.8 Å². The van der Waals surface area contributed by atoms with Crippen LogP contribution in [-0.2, 0) is 24.2 Å². The van der Waals surface area contributed by atoms with E-state index in [-0.39, 0.29) is 23.2 Å². The number of carbonyl (C=O) groups excluding carboxylic acids is 1. The van der Waals surface area contributed by atoms with Gasteiger partial charge >= 0.3 is 5.69 Å². The molecule has 0 spiro atoms. The predicted octanol–water partition coefficient (Wildman–Crippen LogP) is 3.71. The van der Waals surface area contributed by atoms with Gasteiger partial charge < -0.3 is 5.32 Å². The SMILES string of the molecule is O=C(CSc1nc(=O)n(Cc2cccs2)c2c1CCC2)Nc1ccc(F)cc1. The number of carbonyl (C=O) groups is 1. The van der Waals surface area contributed by atoms with E-state index >= 15 is 0 Å². The zero-order valence-corrected chi connectivity index (χ0v) is 16.6. The molecule has 0 atom stereocenters. The van der Waals surface area contributed by atoms with Gasteiger partial charge in [0, 0.05) is 21.8 Å². The van der Waals surface area contributed by atoms with Crippen LogP contribution in [0.4, 0.5) is 10.1 Å². The molecule has 8 heteroatoms. The number of rotatable bonds is 6. The maximum Gasteiger partial charge on any atom is 0.349 e. The maximum atomic E-state index is 13.0. The first-order valence-electron chi connectivity index (χ1n) is 8.93. The normalized spacial score (nSPS) is 12.8. The lowest BCUT2D eigenvalue weighted by molar-refractivity contribution is -0.113. The van der Waals surface area contributed by atoms with Crippen molar-refractivity contribution in [3.63, 3.8) is 0 Å². The highest BCUT2D eigenvalue weighted by Gasteiger charge is 2.22. The second kappa shape index (κ2) is 8.28. The molecule has 4 rings (SSSR count). The monoisotopic (exact) mass is 415 g/mol. The molecule has 1 N–H and O–H groups in total. The lowest BCUT2D eigenvalue weighted by Crippen LogP contribution is -2.27. The Labute approximate surface area is 169 Å². The van der Waals surface area contributed by atoms with Crippen molar-refractivity contribution in [2.75, 3.05) is 11.1 Å². The average molecular weight is 416 g/mol. The van der Waals surface area contributed by atoms with E-state index in [1.807, 2.05) is 17.5 Å². The zero-order chi connectivity index (χ0) is 19.5. The standard InChI is InChI=1S/C20H18FN3O2S2/c21-13-6-8-14(9-7-13)22-18(25)12-28-19-16-4-1-5-17(16)24(20(26)23-19)11-15-3-2-10-27-15/h2-3,6-10H,1,4-5,11-12H2,(H,22,25). The van der Waals surface area contributed by atoms with Gasteiger partial charge in [-0.1, -0.05) is 17.8 Å². The van der Waals surface area contributed by atoms with Gasteiger partial charge in [0.25, 0.3) is 0 Å². The second-order valence-corrected chi connectivity index (χ2v) is 8.48. The summed E-state index contributed by atoms with van der Waals surface area (Å²) in [7, 11) is 0. The number of fused-ring (bicyclic) bond motifs is 1. The van der Waals surface area contributed by atoms with Crippen LogP contribution >= 0.6 is 23.1 Å². The minimum Gasteiger partial charge on any atom is -0.325 e. The smallest absolute Gasteiger partial charge is 0.325 e. The molecule has 2 aromatic heterocycles. The number of hydrogen-bond acceptors (Lipinski definition) is 5. The molecule has 1 aliphatic carbocycles. The summed E-state index contributed by atoms with van der Waals surface area (Å²) in [4.78, 5) is 30.2. The van der Waals surface area contributed by atoms with Crippen LogP contribution in [0.1, 0.15) is 22.6 Å². The lowest BCUT2D eigenvalue weighted by Gasteiger charge is -2.13. The second-order valence-electron chi connectivity index (χ2n) is 6.49. The summed E-state index contributed by atoms with van der Waals surface area (Å²) in [6, 6.07) is 9.61. The number of thioether (sulfide) groups is 1. The molecule has 5 nitrogen and oxygen atoms in total. The van der Waals surface area contributed by atoms with Gasteiger partial charge in [-0.15, -0.1) is 11.3 Å². The van der Waals surface area contributed by atoms with Gasteiger partial charge in [-0.3, -0.25) is 9.36 Å². The third-order valence-electron chi connectivity index (χ3n) is 4.56. The Morgan fingerprint density at radius 3 is 2.82 bits per heavy atom. The average Bonchev–Trinajstić information content (AvgIpc) is 3.36. The van der Waals surface area contributed by atoms with Crippen LogP contribution in [0.15, 0.2) is 51.6 Å². The van der Waals surface area contributed by atoms with Crippen molar-refractivity contribution in [2.24, 2.45) is 0 Å². The van der Waals surface area contributed by atoms with Crippen molar-refractivity contribution in [1.29, 1.82) is 0 Å². The van der Waals surface area contributed by atoms with E-state index < -0.39 is 0 Å². The van der Waals surface area contributed by atoms with Crippen molar-refractivity contribution in [2.45, 2.75) is 30.8 Å². The van der Waals surface area contributed by atoms with Gasteiger partial charge in [-0.2, -0.15) is 4.98 Å². The Balaban J connectivity index is 1.48. The van der Waals surface area contributed by atoms with Gasteiger partial charge in [-0.25, -0.2) is 9.18 Å². The lowest BCUT2D eigenvalue weighted by atomic mass is 10.2. The molecule has 0 radical (unpaired) electrons. The van der Waals surface area contributed by atoms with Gasteiger partial charge in [0.15, 0.2) is 0 Å². The summed E-state index contributed by atoms with van der Waals surface area (Å²) >= 11 is 2.90. The van der Waals surface area contributed by atoms with Gasteiger partial charge in [0.2, 0.25) is 5.91 Å². The first-order chi connectivity index (χ1) is 13.6. The first-order valence-corrected chi connectivity index (χ1v) is 10.8. The molecule has 144 valence electrons. The molecule has 1 aromatic carbocycles. The number of aromatic nitrogens is 2. The molecule has 28 heavy (non-hydrogen) atoms. The molecule has 0 saturated carbocycles. The van der Waals surface area contributed by atoms with Gasteiger partial charge in [-0.05, 0) is 55.0 Å². The van der Waals surface area contributed by atoms with Crippen LogP contribution in [0.2, 0.25) is 0 Å². The van der Waals surface area contributed by atoms with Crippen LogP contribution in [-0.4, -0.2) is 21.2 Å². The van der Waals surface area contributed by atoms with Crippen molar-refractivity contribution >= 4 is 34.7 Å². The third-order valence-corrected chi connectivity index (χ3v) is 6.44. The van der Waals surface area contributed by atoms with Crippen molar-refractivity contribution in [3.05, 3.63) is 74.2 Å². The van der Waals surface area contributed by atoms with Crippen molar-refractivity contribution in [3.8, 4) is 0 Å². The minimum atomic E-state index is -0.352. The number of amides is 1. The number of hydrogen-bond donors (Lipinski definition) is 1. The van der Waals surface area contributed by atoms with E-state index in [2.05, 4.69) is 10.3 Å². The molecule has 0 bridgehead atoms. The van der Waals surface area contributed by atoms with E-state index in [0.29, 0.717) is 17.3 Å². The molecule has 0 aliphatic heterocycles. The largest absolute Gasteiger partial charge is 0.349 e. The van der Waals surface area contributed by atoms with Crippen LogP contribution in [0.3, 0.4) is 0 Å². The molecule has 0 saturated heterocycles. The minimum absolute atomic E-state index is 0.144. The Morgan fingerprint density at radius 2 is 2.07 bits per heavy atom. The molecule has 2 heterocycles. The Bertz CT molecular complexity index is 1050.